The molecular weight excluding hydrogens is 218 g/mol. The average molecular weight is 239 g/mol. The Hall–Kier alpha value is -0.380. The smallest absolute Gasteiger partial charge is 0.0469 e. The van der Waals surface area contributed by atoms with Crippen LogP contribution in [0.4, 0.5) is 0 Å². The van der Waals surface area contributed by atoms with Crippen LogP contribution in [0.15, 0.2) is 11.4 Å². The first-order valence-corrected chi connectivity index (χ1v) is 7.06. The van der Waals surface area contributed by atoms with Gasteiger partial charge in [-0.25, -0.2) is 0 Å². The van der Waals surface area contributed by atoms with Crippen molar-refractivity contribution in [3.8, 4) is 0 Å². The zero-order valence-electron chi connectivity index (χ0n) is 10.2. The Kier molecular flexibility index (Phi) is 4.38. The number of nitrogens with one attached hydrogen (secondary N) is 1. The molecule has 16 heavy (non-hydrogen) atoms. The Morgan fingerprint density at radius 1 is 1.50 bits per heavy atom. The van der Waals surface area contributed by atoms with Crippen LogP contribution in [0.3, 0.4) is 0 Å². The summed E-state index contributed by atoms with van der Waals surface area (Å²) in [6.45, 7) is 7.30. The predicted octanol–water partition coefficient (Wildman–Crippen LogP) is 3.13. The lowest BCUT2D eigenvalue weighted by Gasteiger charge is -2.30. The summed E-state index contributed by atoms with van der Waals surface area (Å²) in [5.41, 5.74) is 1.43. The van der Waals surface area contributed by atoms with Crippen molar-refractivity contribution in [3.05, 3.63) is 21.9 Å². The Bertz CT molecular complexity index is 317. The molecule has 1 atom stereocenters. The van der Waals surface area contributed by atoms with Crippen LogP contribution in [-0.4, -0.2) is 19.8 Å². The van der Waals surface area contributed by atoms with E-state index in [1.54, 1.807) is 0 Å². The lowest BCUT2D eigenvalue weighted by atomic mass is 9.89. The molecule has 1 aliphatic rings. The minimum atomic E-state index is 0.536. The van der Waals surface area contributed by atoms with Crippen molar-refractivity contribution in [3.63, 3.8) is 0 Å². The van der Waals surface area contributed by atoms with E-state index in [2.05, 4.69) is 30.6 Å². The molecule has 0 saturated carbocycles. The van der Waals surface area contributed by atoms with Crippen LogP contribution >= 0.6 is 11.3 Å². The van der Waals surface area contributed by atoms with Gasteiger partial charge in [0.1, 0.15) is 0 Å². The maximum absolute atomic E-state index is 5.45. The van der Waals surface area contributed by atoms with Crippen molar-refractivity contribution < 1.29 is 4.74 Å². The largest absolute Gasteiger partial charge is 0.381 e. The molecule has 1 fully saturated rings. The van der Waals surface area contributed by atoms with E-state index in [0.717, 1.165) is 25.7 Å². The van der Waals surface area contributed by atoms with Crippen LogP contribution in [0.1, 0.15) is 36.2 Å². The predicted molar refractivity (Wildman–Crippen MR) is 69.0 cm³/mol. The summed E-state index contributed by atoms with van der Waals surface area (Å²) in [4.78, 5) is 1.52. The van der Waals surface area contributed by atoms with Gasteiger partial charge in [-0.2, -0.15) is 0 Å². The molecule has 0 spiro atoms. The Balaban J connectivity index is 2.12. The van der Waals surface area contributed by atoms with E-state index in [1.165, 1.54) is 23.3 Å². The van der Waals surface area contributed by atoms with E-state index in [-0.39, 0.29) is 0 Å². The standard InChI is InChI=1S/C13H21NOS/c1-3-14-12(11-4-7-15-8-5-11)13-10(2)6-9-16-13/h6,9,11-12,14H,3-5,7-8H2,1-2H3. The van der Waals surface area contributed by atoms with E-state index in [0.29, 0.717) is 6.04 Å². The van der Waals surface area contributed by atoms with Crippen molar-refractivity contribution in [1.29, 1.82) is 0 Å². The summed E-state index contributed by atoms with van der Waals surface area (Å²) in [5, 5.41) is 5.85. The first kappa shape index (κ1) is 12.1. The highest BCUT2D eigenvalue weighted by atomic mass is 32.1. The number of thiophene rings is 1. The normalized spacial score (nSPS) is 19.9. The zero-order chi connectivity index (χ0) is 11.4. The molecule has 2 heterocycles. The highest BCUT2D eigenvalue weighted by Gasteiger charge is 2.26. The molecule has 0 aromatic carbocycles. The topological polar surface area (TPSA) is 21.3 Å². The Labute approximate surface area is 102 Å². The molecule has 0 bridgehead atoms. The SMILES string of the molecule is CCNC(c1sccc1C)C1CCOCC1. The lowest BCUT2D eigenvalue weighted by molar-refractivity contribution is 0.0542. The molecule has 1 saturated heterocycles. The molecule has 3 heteroatoms. The van der Waals surface area contributed by atoms with Gasteiger partial charge in [-0.1, -0.05) is 6.92 Å². The summed E-state index contributed by atoms with van der Waals surface area (Å²) in [7, 11) is 0. The minimum Gasteiger partial charge on any atom is -0.381 e. The van der Waals surface area contributed by atoms with Crippen LogP contribution in [-0.2, 0) is 4.74 Å². The quantitative estimate of drug-likeness (QED) is 0.871. The molecule has 1 aliphatic heterocycles. The third-order valence-electron chi connectivity index (χ3n) is 3.35. The fourth-order valence-corrected chi connectivity index (χ4v) is 3.54. The lowest BCUT2D eigenvalue weighted by Crippen LogP contribution is -2.31. The van der Waals surface area contributed by atoms with Crippen molar-refractivity contribution in [2.75, 3.05) is 19.8 Å². The molecule has 1 aromatic rings. The van der Waals surface area contributed by atoms with E-state index >= 15 is 0 Å². The molecule has 0 amide bonds. The van der Waals surface area contributed by atoms with Gasteiger partial charge in [0.25, 0.3) is 0 Å². The van der Waals surface area contributed by atoms with Crippen molar-refractivity contribution in [1.82, 2.24) is 5.32 Å². The highest BCUT2D eigenvalue weighted by molar-refractivity contribution is 7.10. The van der Waals surface area contributed by atoms with Crippen molar-refractivity contribution >= 4 is 11.3 Å². The minimum absolute atomic E-state index is 0.536. The second-order valence-electron chi connectivity index (χ2n) is 4.45. The van der Waals surface area contributed by atoms with Crippen molar-refractivity contribution in [2.45, 2.75) is 32.7 Å². The maximum Gasteiger partial charge on any atom is 0.0469 e. The number of hydrogen-bond acceptors (Lipinski definition) is 3. The molecule has 0 aliphatic carbocycles. The summed E-state index contributed by atoms with van der Waals surface area (Å²) >= 11 is 1.89. The number of ether oxygens (including phenoxy) is 1. The van der Waals surface area contributed by atoms with Gasteiger partial charge < -0.3 is 10.1 Å². The van der Waals surface area contributed by atoms with Gasteiger partial charge in [-0.15, -0.1) is 11.3 Å². The second-order valence-corrected chi connectivity index (χ2v) is 5.40. The molecular formula is C13H21NOS. The van der Waals surface area contributed by atoms with Gasteiger partial charge >= 0.3 is 0 Å². The van der Waals surface area contributed by atoms with Gasteiger partial charge in [-0.05, 0) is 49.2 Å². The first-order chi connectivity index (χ1) is 7.83. The summed E-state index contributed by atoms with van der Waals surface area (Å²) in [5.74, 6) is 0.742. The fraction of sp³-hybridized carbons (Fsp3) is 0.692. The maximum atomic E-state index is 5.45. The van der Waals surface area contributed by atoms with E-state index in [1.807, 2.05) is 11.3 Å². The van der Waals surface area contributed by atoms with E-state index in [4.69, 9.17) is 4.74 Å². The van der Waals surface area contributed by atoms with Gasteiger partial charge in [0, 0.05) is 24.1 Å². The monoisotopic (exact) mass is 239 g/mol. The van der Waals surface area contributed by atoms with Gasteiger partial charge in [-0.3, -0.25) is 0 Å². The average Bonchev–Trinajstić information content (AvgIpc) is 2.73. The van der Waals surface area contributed by atoms with Gasteiger partial charge in [0.2, 0.25) is 0 Å². The molecule has 2 nitrogen and oxygen atoms in total. The number of aryl methyl sites for hydroxylation is 1. The summed E-state index contributed by atoms with van der Waals surface area (Å²) in [6, 6.07) is 2.76. The second kappa shape index (κ2) is 5.80. The van der Waals surface area contributed by atoms with E-state index in [9.17, 15) is 0 Å². The van der Waals surface area contributed by atoms with Crippen LogP contribution in [0.25, 0.3) is 0 Å². The Morgan fingerprint density at radius 2 is 2.25 bits per heavy atom. The number of hydrogen-bond donors (Lipinski definition) is 1. The zero-order valence-corrected chi connectivity index (χ0v) is 11.0. The fourth-order valence-electron chi connectivity index (χ4n) is 2.45. The third kappa shape index (κ3) is 2.65. The molecule has 1 aromatic heterocycles. The summed E-state index contributed by atoms with van der Waals surface area (Å²) < 4.78 is 5.45. The van der Waals surface area contributed by atoms with Gasteiger partial charge in [0.05, 0.1) is 0 Å². The highest BCUT2D eigenvalue weighted by Crippen LogP contribution is 2.34. The van der Waals surface area contributed by atoms with Crippen LogP contribution in [0.5, 0.6) is 0 Å². The van der Waals surface area contributed by atoms with E-state index < -0.39 is 0 Å². The molecule has 1 N–H and O–H groups in total. The van der Waals surface area contributed by atoms with Gasteiger partial charge in [0.15, 0.2) is 0 Å². The van der Waals surface area contributed by atoms with Crippen molar-refractivity contribution in [2.24, 2.45) is 5.92 Å². The van der Waals surface area contributed by atoms with Crippen LogP contribution < -0.4 is 5.32 Å². The third-order valence-corrected chi connectivity index (χ3v) is 4.45. The summed E-state index contributed by atoms with van der Waals surface area (Å²) in [6.07, 6.45) is 2.38. The van der Waals surface area contributed by atoms with Crippen LogP contribution in [0, 0.1) is 12.8 Å². The molecule has 1 unspecified atom stereocenters. The molecule has 2 rings (SSSR count). The first-order valence-electron chi connectivity index (χ1n) is 6.18. The number of rotatable bonds is 4. The van der Waals surface area contributed by atoms with Crippen LogP contribution in [0.2, 0.25) is 0 Å². The Morgan fingerprint density at radius 3 is 2.81 bits per heavy atom. The molecule has 90 valence electrons. The molecule has 0 radical (unpaired) electrons.